The monoisotopic (exact) mass is 682 g/mol. The van der Waals surface area contributed by atoms with E-state index in [4.69, 9.17) is 14.2 Å². The molecule has 1 saturated heterocycles. The van der Waals surface area contributed by atoms with Crippen molar-refractivity contribution in [2.75, 3.05) is 40.0 Å². The van der Waals surface area contributed by atoms with Gasteiger partial charge in [-0.2, -0.15) is 0 Å². The van der Waals surface area contributed by atoms with Crippen LogP contribution in [0.5, 0.6) is 0 Å². The quantitative estimate of drug-likeness (QED) is 0.179. The molecule has 6 aliphatic rings. The van der Waals surface area contributed by atoms with Crippen LogP contribution in [0.2, 0.25) is 0 Å². The topological polar surface area (TPSA) is 65.1 Å². The second-order valence-electron chi connectivity index (χ2n) is 20.2. The molecule has 1 heterocycles. The Kier molecular flexibility index (Phi) is 10.1. The van der Waals surface area contributed by atoms with Gasteiger partial charge in [0, 0.05) is 18.5 Å². The first-order valence-electron chi connectivity index (χ1n) is 20.1. The Morgan fingerprint density at radius 1 is 0.837 bits per heavy atom. The molecule has 0 aromatic heterocycles. The summed E-state index contributed by atoms with van der Waals surface area (Å²) in [6, 6.07) is 0. The van der Waals surface area contributed by atoms with Crippen LogP contribution in [0, 0.1) is 62.1 Å². The second-order valence-corrected chi connectivity index (χ2v) is 20.2. The summed E-state index contributed by atoms with van der Waals surface area (Å²) in [7, 11) is 1.41. The van der Waals surface area contributed by atoms with Gasteiger partial charge in [0.1, 0.15) is 6.10 Å². The third-order valence-corrected chi connectivity index (χ3v) is 17.0. The van der Waals surface area contributed by atoms with Crippen molar-refractivity contribution >= 4 is 11.9 Å². The van der Waals surface area contributed by atoms with E-state index in [1.54, 1.807) is 0 Å². The van der Waals surface area contributed by atoms with Gasteiger partial charge in [-0.15, -0.1) is 0 Å². The summed E-state index contributed by atoms with van der Waals surface area (Å²) in [4.78, 5) is 28.0. The Balaban J connectivity index is 1.21. The van der Waals surface area contributed by atoms with E-state index in [9.17, 15) is 9.59 Å². The number of hydrogen-bond acceptors (Lipinski definition) is 6. The van der Waals surface area contributed by atoms with Crippen molar-refractivity contribution < 1.29 is 23.8 Å². The van der Waals surface area contributed by atoms with Crippen LogP contribution in [0.25, 0.3) is 0 Å². The zero-order valence-electron chi connectivity index (χ0n) is 32.9. The third kappa shape index (κ3) is 6.27. The minimum Gasteiger partial charge on any atom is -0.469 e. The van der Waals surface area contributed by atoms with E-state index < -0.39 is 5.41 Å². The summed E-state index contributed by atoms with van der Waals surface area (Å²) in [5.74, 6) is 2.98. The highest BCUT2D eigenvalue weighted by molar-refractivity contribution is 5.74. The van der Waals surface area contributed by atoms with E-state index in [0.717, 1.165) is 51.0 Å². The van der Waals surface area contributed by atoms with Crippen molar-refractivity contribution in [1.82, 2.24) is 4.90 Å². The average Bonchev–Trinajstić information content (AvgIpc) is 3.42. The lowest BCUT2D eigenvalue weighted by Crippen LogP contribution is -2.66. The molecular weight excluding hydrogens is 610 g/mol. The molecule has 6 nitrogen and oxygen atoms in total. The molecule has 0 aromatic carbocycles. The standard InChI is InChI=1S/C43H71NO5/c1-29(2)30-13-18-43(21-22-44-23-25-48-26-24-44)20-19-41(8)31(37(30)43)11-12-33-40(7)16-15-34(39(5,6)32(40)14-17-42(33,41)9)49-36(46)28-38(3,4)27-35(45)47-10/h30-34,37H,1,11-28H2,2-10H3/t30?,31?,32?,33?,34-,37?,40-,41+,42+,43+/m0/s1. The van der Waals surface area contributed by atoms with Crippen LogP contribution in [0.15, 0.2) is 12.2 Å². The maximum Gasteiger partial charge on any atom is 0.306 e. The van der Waals surface area contributed by atoms with Crippen LogP contribution in [-0.4, -0.2) is 62.9 Å². The fourth-order valence-corrected chi connectivity index (χ4v) is 14.2. The number of carbonyl (C=O) groups is 2. The van der Waals surface area contributed by atoms with E-state index in [1.807, 2.05) is 13.8 Å². The van der Waals surface area contributed by atoms with Crippen LogP contribution < -0.4 is 0 Å². The Labute approximate surface area is 299 Å². The second kappa shape index (κ2) is 13.2. The number of fused-ring (bicyclic) bond motifs is 7. The number of morpholine rings is 1. The SMILES string of the molecule is C=C(C)C1CC[C@]2(CCN3CCOCC3)CC[C@]3(C)C(CCC4[C@@]5(C)CC[C@H](OC(=O)CC(C)(C)CC(=O)OC)C(C)(C)C5CC[C@]43C)C12. The zero-order chi connectivity index (χ0) is 35.6. The van der Waals surface area contributed by atoms with E-state index in [1.165, 1.54) is 77.0 Å². The maximum absolute atomic E-state index is 13.3. The van der Waals surface area contributed by atoms with Crippen LogP contribution in [-0.2, 0) is 23.8 Å². The van der Waals surface area contributed by atoms with Gasteiger partial charge >= 0.3 is 11.9 Å². The molecule has 1 aliphatic heterocycles. The van der Waals surface area contributed by atoms with E-state index >= 15 is 0 Å². The van der Waals surface area contributed by atoms with Gasteiger partial charge in [0.05, 0.1) is 33.2 Å². The molecule has 5 aliphatic carbocycles. The lowest BCUT2D eigenvalue weighted by molar-refractivity contribution is -0.250. The van der Waals surface area contributed by atoms with Crippen molar-refractivity contribution in [3.05, 3.63) is 12.2 Å². The fourth-order valence-electron chi connectivity index (χ4n) is 14.2. The summed E-state index contributed by atoms with van der Waals surface area (Å²) in [6.45, 7) is 29.0. The highest BCUT2D eigenvalue weighted by atomic mass is 16.5. The number of esters is 2. The molecule has 0 aromatic rings. The molecule has 10 atom stereocenters. The zero-order valence-corrected chi connectivity index (χ0v) is 32.9. The lowest BCUT2D eigenvalue weighted by atomic mass is 9.32. The van der Waals surface area contributed by atoms with Gasteiger partial charge in [0.25, 0.3) is 0 Å². The molecule has 0 radical (unpaired) electrons. The van der Waals surface area contributed by atoms with E-state index in [-0.39, 0.29) is 41.7 Å². The van der Waals surface area contributed by atoms with E-state index in [0.29, 0.717) is 34.0 Å². The van der Waals surface area contributed by atoms with Gasteiger partial charge in [-0.25, -0.2) is 0 Å². The summed E-state index contributed by atoms with van der Waals surface area (Å²) >= 11 is 0. The molecule has 6 heteroatoms. The summed E-state index contributed by atoms with van der Waals surface area (Å²) < 4.78 is 16.9. The predicted octanol–water partition coefficient (Wildman–Crippen LogP) is 9.26. The average molecular weight is 682 g/mol. The predicted molar refractivity (Wildman–Crippen MR) is 196 cm³/mol. The molecular formula is C43H71NO5. The lowest BCUT2D eigenvalue weighted by Gasteiger charge is -2.73. The van der Waals surface area contributed by atoms with Crippen molar-refractivity contribution in [3.63, 3.8) is 0 Å². The van der Waals surface area contributed by atoms with Crippen LogP contribution in [0.3, 0.4) is 0 Å². The number of nitrogens with zero attached hydrogens (tertiary/aromatic N) is 1. The molecule has 5 saturated carbocycles. The summed E-state index contributed by atoms with van der Waals surface area (Å²) in [5, 5.41) is 0. The Morgan fingerprint density at radius 3 is 2.20 bits per heavy atom. The number of carbonyl (C=O) groups excluding carboxylic acids is 2. The smallest absolute Gasteiger partial charge is 0.306 e. The minimum atomic E-state index is -0.485. The maximum atomic E-state index is 13.3. The van der Waals surface area contributed by atoms with Gasteiger partial charge in [0.2, 0.25) is 0 Å². The van der Waals surface area contributed by atoms with Crippen molar-refractivity contribution in [1.29, 1.82) is 0 Å². The van der Waals surface area contributed by atoms with Gasteiger partial charge in [-0.1, -0.05) is 60.6 Å². The van der Waals surface area contributed by atoms with Gasteiger partial charge in [0.15, 0.2) is 0 Å². The molecule has 49 heavy (non-hydrogen) atoms. The number of rotatable bonds is 9. The third-order valence-electron chi connectivity index (χ3n) is 17.0. The normalized spacial score (nSPS) is 43.4. The number of methoxy groups -OCH3 is 1. The molecule has 5 unspecified atom stereocenters. The summed E-state index contributed by atoms with van der Waals surface area (Å²) in [6.07, 6.45) is 14.5. The van der Waals surface area contributed by atoms with Crippen LogP contribution in [0.1, 0.15) is 139 Å². The summed E-state index contributed by atoms with van der Waals surface area (Å²) in [5.41, 5.74) is 2.23. The minimum absolute atomic E-state index is 0.0835. The molecule has 278 valence electrons. The molecule has 6 rings (SSSR count). The molecule has 0 bridgehead atoms. The largest absolute Gasteiger partial charge is 0.469 e. The number of allylic oxidation sites excluding steroid dienone is 1. The van der Waals surface area contributed by atoms with Crippen LogP contribution in [0.4, 0.5) is 0 Å². The van der Waals surface area contributed by atoms with Crippen molar-refractivity contribution in [2.24, 2.45) is 62.1 Å². The van der Waals surface area contributed by atoms with Crippen LogP contribution >= 0.6 is 0 Å². The molecule has 0 spiro atoms. The fraction of sp³-hybridized carbons (Fsp3) is 0.907. The van der Waals surface area contributed by atoms with Crippen molar-refractivity contribution in [3.8, 4) is 0 Å². The Morgan fingerprint density at radius 2 is 1.53 bits per heavy atom. The van der Waals surface area contributed by atoms with Crippen molar-refractivity contribution in [2.45, 2.75) is 145 Å². The highest BCUT2D eigenvalue weighted by Crippen LogP contribution is 2.78. The molecule has 0 N–H and O–H groups in total. The first kappa shape index (κ1) is 37.4. The first-order chi connectivity index (χ1) is 22.9. The number of hydrogen-bond donors (Lipinski definition) is 0. The Hall–Kier alpha value is -1.40. The van der Waals surface area contributed by atoms with Gasteiger partial charge in [-0.05, 0) is 141 Å². The molecule has 0 amide bonds. The van der Waals surface area contributed by atoms with Gasteiger partial charge in [-0.3, -0.25) is 14.5 Å². The number of ether oxygens (including phenoxy) is 3. The Bertz CT molecular complexity index is 1270. The van der Waals surface area contributed by atoms with E-state index in [2.05, 4.69) is 53.0 Å². The highest BCUT2D eigenvalue weighted by Gasteiger charge is 2.71. The van der Waals surface area contributed by atoms with Gasteiger partial charge < -0.3 is 14.2 Å². The first-order valence-corrected chi connectivity index (χ1v) is 20.1. The molecule has 6 fully saturated rings.